The molecule has 0 saturated carbocycles. The summed E-state index contributed by atoms with van der Waals surface area (Å²) in [6.07, 6.45) is 0.983. The van der Waals surface area contributed by atoms with Crippen molar-refractivity contribution in [3.05, 3.63) is 24.3 Å². The molecule has 1 aromatic rings. The summed E-state index contributed by atoms with van der Waals surface area (Å²) < 4.78 is 30.0. The molecule has 0 unspecified atom stereocenters. The zero-order valence-corrected chi connectivity index (χ0v) is 8.27. The first-order valence-corrected chi connectivity index (χ1v) is 5.20. The third-order valence-corrected chi connectivity index (χ3v) is 2.33. The van der Waals surface area contributed by atoms with Crippen LogP contribution in [-0.2, 0) is 10.1 Å². The predicted octanol–water partition coefficient (Wildman–Crippen LogP) is 1.32. The Morgan fingerprint density at radius 2 is 1.93 bits per heavy atom. The number of hydrogen-bond acceptors (Lipinski definition) is 5. The van der Waals surface area contributed by atoms with E-state index in [9.17, 15) is 8.42 Å². The lowest BCUT2D eigenvalue weighted by Crippen LogP contribution is -1.97. The molecule has 0 heterocycles. The van der Waals surface area contributed by atoms with Crippen LogP contribution in [-0.4, -0.2) is 19.3 Å². The van der Waals surface area contributed by atoms with Crippen LogP contribution in [0.1, 0.15) is 0 Å². The first-order valence-electron chi connectivity index (χ1n) is 3.76. The maximum Gasteiger partial charge on any atom is 0.294 e. The Morgan fingerprint density at radius 3 is 2.40 bits per heavy atom. The Morgan fingerprint density at radius 1 is 1.33 bits per heavy atom. The van der Waals surface area contributed by atoms with Gasteiger partial charge in [0.05, 0.1) is 10.6 Å². The normalized spacial score (nSPS) is 11.5. The molecule has 0 aromatic heterocycles. The van der Waals surface area contributed by atoms with Crippen LogP contribution >= 0.6 is 0 Å². The average Bonchev–Trinajstić information content (AvgIpc) is 2.18. The van der Waals surface area contributed by atoms with Crippen molar-refractivity contribution in [1.29, 1.82) is 5.53 Å². The van der Waals surface area contributed by atoms with E-state index in [2.05, 4.69) is 15.6 Å². The number of benzene rings is 1. The van der Waals surface area contributed by atoms with Gasteiger partial charge in [0.1, 0.15) is 0 Å². The van der Waals surface area contributed by atoms with Crippen LogP contribution in [0.5, 0.6) is 0 Å². The smallest absolute Gasteiger partial charge is 0.282 e. The number of rotatable bonds is 4. The minimum Gasteiger partial charge on any atom is -0.282 e. The zero-order chi connectivity index (χ0) is 11.3. The molecular formula is C7H8N4O3S. The van der Waals surface area contributed by atoms with Crippen molar-refractivity contribution in [2.45, 2.75) is 4.90 Å². The van der Waals surface area contributed by atoms with E-state index in [-0.39, 0.29) is 4.90 Å². The Balaban J connectivity index is 2.81. The third kappa shape index (κ3) is 3.44. The van der Waals surface area contributed by atoms with E-state index in [1.165, 1.54) is 24.3 Å². The number of anilines is 1. The van der Waals surface area contributed by atoms with Crippen molar-refractivity contribution in [3.8, 4) is 0 Å². The Bertz CT molecular complexity index is 466. The van der Waals surface area contributed by atoms with E-state index >= 15 is 0 Å². The minimum absolute atomic E-state index is 0.192. The van der Waals surface area contributed by atoms with Crippen molar-refractivity contribution in [1.82, 2.24) is 0 Å². The molecule has 0 fully saturated rings. The van der Waals surface area contributed by atoms with Gasteiger partial charge in [0, 0.05) is 0 Å². The highest BCUT2D eigenvalue weighted by Crippen LogP contribution is 2.13. The van der Waals surface area contributed by atoms with Gasteiger partial charge in [0.15, 0.2) is 6.34 Å². The fourth-order valence-corrected chi connectivity index (χ4v) is 1.31. The third-order valence-electron chi connectivity index (χ3n) is 1.46. The lowest BCUT2D eigenvalue weighted by molar-refractivity contribution is 0.483. The van der Waals surface area contributed by atoms with Crippen LogP contribution in [0.25, 0.3) is 0 Å². The maximum atomic E-state index is 10.7. The molecule has 0 aliphatic rings. The summed E-state index contributed by atoms with van der Waals surface area (Å²) in [5.41, 5.74) is 9.43. The first-order chi connectivity index (χ1) is 7.04. The molecule has 1 rings (SSSR count). The SMILES string of the molecule is N=N/C=N/Nc1ccc(S(=O)(=O)O)cc1. The summed E-state index contributed by atoms with van der Waals surface area (Å²) in [4.78, 5) is -0.192. The van der Waals surface area contributed by atoms with Crippen LogP contribution in [0, 0.1) is 5.53 Å². The molecule has 15 heavy (non-hydrogen) atoms. The molecule has 7 nitrogen and oxygen atoms in total. The first kappa shape index (κ1) is 11.3. The van der Waals surface area contributed by atoms with Crippen molar-refractivity contribution < 1.29 is 13.0 Å². The molecular weight excluding hydrogens is 220 g/mol. The molecule has 0 radical (unpaired) electrons. The van der Waals surface area contributed by atoms with Gasteiger partial charge in [-0.1, -0.05) is 0 Å². The number of hydrazone groups is 1. The summed E-state index contributed by atoms with van der Waals surface area (Å²) in [5.74, 6) is 0. The van der Waals surface area contributed by atoms with Gasteiger partial charge in [-0.3, -0.25) is 9.98 Å². The van der Waals surface area contributed by atoms with E-state index < -0.39 is 10.1 Å². The second kappa shape index (κ2) is 4.62. The second-order valence-corrected chi connectivity index (χ2v) is 3.91. The lowest BCUT2D eigenvalue weighted by Gasteiger charge is -2.00. The molecule has 0 bridgehead atoms. The Labute approximate surface area is 86.1 Å². The van der Waals surface area contributed by atoms with Crippen molar-refractivity contribution in [2.75, 3.05) is 5.43 Å². The fourth-order valence-electron chi connectivity index (χ4n) is 0.834. The molecule has 3 N–H and O–H groups in total. The molecule has 80 valence electrons. The number of nitrogens with zero attached hydrogens (tertiary/aromatic N) is 2. The van der Waals surface area contributed by atoms with Gasteiger partial charge in [-0.2, -0.15) is 13.5 Å². The highest BCUT2D eigenvalue weighted by atomic mass is 32.2. The molecule has 0 saturated heterocycles. The Kier molecular flexibility index (Phi) is 3.47. The van der Waals surface area contributed by atoms with E-state index in [0.29, 0.717) is 5.69 Å². The highest BCUT2D eigenvalue weighted by molar-refractivity contribution is 7.85. The van der Waals surface area contributed by atoms with Gasteiger partial charge in [-0.25, -0.2) is 5.53 Å². The molecule has 0 amide bonds. The summed E-state index contributed by atoms with van der Waals surface area (Å²) in [7, 11) is -4.16. The van der Waals surface area contributed by atoms with E-state index in [1.54, 1.807) is 0 Å². The minimum atomic E-state index is -4.16. The molecule has 1 aromatic carbocycles. The monoisotopic (exact) mass is 228 g/mol. The van der Waals surface area contributed by atoms with Gasteiger partial charge < -0.3 is 0 Å². The van der Waals surface area contributed by atoms with Gasteiger partial charge in [-0.15, -0.1) is 5.11 Å². The average molecular weight is 228 g/mol. The molecule has 8 heteroatoms. The van der Waals surface area contributed by atoms with E-state index in [4.69, 9.17) is 10.1 Å². The van der Waals surface area contributed by atoms with Gasteiger partial charge >= 0.3 is 0 Å². The maximum absolute atomic E-state index is 10.7. The van der Waals surface area contributed by atoms with Crippen LogP contribution in [0.3, 0.4) is 0 Å². The second-order valence-electron chi connectivity index (χ2n) is 2.48. The largest absolute Gasteiger partial charge is 0.294 e. The van der Waals surface area contributed by atoms with Crippen molar-refractivity contribution in [2.24, 2.45) is 10.2 Å². The summed E-state index contributed by atoms with van der Waals surface area (Å²) in [5, 5.41) is 6.38. The van der Waals surface area contributed by atoms with Crippen LogP contribution in [0.2, 0.25) is 0 Å². The summed E-state index contributed by atoms with van der Waals surface area (Å²) in [6, 6.07) is 5.30. The van der Waals surface area contributed by atoms with Crippen LogP contribution in [0.15, 0.2) is 39.4 Å². The van der Waals surface area contributed by atoms with Crippen molar-refractivity contribution >= 4 is 22.1 Å². The quantitative estimate of drug-likeness (QED) is 0.237. The van der Waals surface area contributed by atoms with Gasteiger partial charge in [-0.05, 0) is 24.3 Å². The van der Waals surface area contributed by atoms with Gasteiger partial charge in [0.2, 0.25) is 0 Å². The van der Waals surface area contributed by atoms with Gasteiger partial charge in [0.25, 0.3) is 10.1 Å². The van der Waals surface area contributed by atoms with E-state index in [0.717, 1.165) is 6.34 Å². The van der Waals surface area contributed by atoms with Crippen molar-refractivity contribution in [3.63, 3.8) is 0 Å². The molecule has 0 atom stereocenters. The predicted molar refractivity (Wildman–Crippen MR) is 53.5 cm³/mol. The standard InChI is InChI=1S/C7H8N4O3S/c8-9-5-10-11-6-1-3-7(4-2-6)15(12,13)14/h1-5,8,11H,(H,12,13,14)/b9-8?,10-5+. The van der Waals surface area contributed by atoms with Crippen LogP contribution in [0.4, 0.5) is 5.69 Å². The number of hydrogen-bond donors (Lipinski definition) is 3. The zero-order valence-electron chi connectivity index (χ0n) is 7.45. The lowest BCUT2D eigenvalue weighted by atomic mass is 10.3. The topological polar surface area (TPSA) is 115 Å². The highest BCUT2D eigenvalue weighted by Gasteiger charge is 2.07. The summed E-state index contributed by atoms with van der Waals surface area (Å²) in [6.45, 7) is 0. The van der Waals surface area contributed by atoms with E-state index in [1.807, 2.05) is 0 Å². The number of nitrogens with one attached hydrogen (secondary N) is 2. The van der Waals surface area contributed by atoms with Crippen LogP contribution < -0.4 is 5.43 Å². The molecule has 0 spiro atoms. The fraction of sp³-hybridized carbons (Fsp3) is 0. The summed E-state index contributed by atoms with van der Waals surface area (Å²) >= 11 is 0. The molecule has 0 aliphatic carbocycles. The Hall–Kier alpha value is -1.80. The molecule has 0 aliphatic heterocycles.